The maximum absolute atomic E-state index is 5.68. The van der Waals surface area contributed by atoms with Crippen LogP contribution in [0.4, 0.5) is 5.13 Å². The molecule has 2 N–H and O–H groups in total. The third-order valence-electron chi connectivity index (χ3n) is 2.24. The molecule has 0 aliphatic heterocycles. The molecule has 84 valence electrons. The van der Waals surface area contributed by atoms with Crippen LogP contribution in [-0.4, -0.2) is 15.0 Å². The Hall–Kier alpha value is -1.49. The van der Waals surface area contributed by atoms with E-state index < -0.39 is 0 Å². The molecule has 4 nitrogen and oxygen atoms in total. The summed E-state index contributed by atoms with van der Waals surface area (Å²) < 4.78 is 0. The standard InChI is InChI=1S/C11H14N4S/c1-6(2)10-13-5-4-8(15-10)9-7(3)14-11(12)16-9/h4-6H,1-3H3,(H2,12,14). The molecule has 0 unspecified atom stereocenters. The molecular weight excluding hydrogens is 220 g/mol. The monoisotopic (exact) mass is 234 g/mol. The van der Waals surface area contributed by atoms with Gasteiger partial charge in [0, 0.05) is 12.1 Å². The summed E-state index contributed by atoms with van der Waals surface area (Å²) in [5.74, 6) is 1.18. The molecule has 0 aliphatic carbocycles. The maximum Gasteiger partial charge on any atom is 0.180 e. The second-order valence-corrected chi connectivity index (χ2v) is 4.95. The van der Waals surface area contributed by atoms with Gasteiger partial charge in [0.25, 0.3) is 0 Å². The van der Waals surface area contributed by atoms with E-state index >= 15 is 0 Å². The van der Waals surface area contributed by atoms with Gasteiger partial charge in [0.05, 0.1) is 16.3 Å². The van der Waals surface area contributed by atoms with Crippen LogP contribution in [0.1, 0.15) is 31.3 Å². The van der Waals surface area contributed by atoms with Gasteiger partial charge >= 0.3 is 0 Å². The Bertz CT molecular complexity index is 504. The molecule has 0 atom stereocenters. The highest BCUT2D eigenvalue weighted by Gasteiger charge is 2.11. The minimum absolute atomic E-state index is 0.325. The lowest BCUT2D eigenvalue weighted by atomic mass is 10.2. The molecule has 2 rings (SSSR count). The third-order valence-corrected chi connectivity index (χ3v) is 3.25. The predicted octanol–water partition coefficient (Wildman–Crippen LogP) is 2.61. The number of aryl methyl sites for hydroxylation is 1. The van der Waals surface area contributed by atoms with E-state index in [2.05, 4.69) is 28.8 Å². The van der Waals surface area contributed by atoms with Gasteiger partial charge in [0.15, 0.2) is 5.13 Å². The largest absolute Gasteiger partial charge is 0.375 e. The summed E-state index contributed by atoms with van der Waals surface area (Å²) >= 11 is 1.46. The van der Waals surface area contributed by atoms with Gasteiger partial charge in [-0.25, -0.2) is 15.0 Å². The average molecular weight is 234 g/mol. The number of nitrogens with two attached hydrogens (primary N) is 1. The molecule has 0 saturated heterocycles. The second-order valence-electron chi connectivity index (χ2n) is 3.92. The van der Waals surface area contributed by atoms with Crippen molar-refractivity contribution >= 4 is 16.5 Å². The van der Waals surface area contributed by atoms with E-state index in [1.165, 1.54) is 11.3 Å². The van der Waals surface area contributed by atoms with Crippen molar-refractivity contribution in [3.63, 3.8) is 0 Å². The van der Waals surface area contributed by atoms with Crippen LogP contribution in [0.25, 0.3) is 10.6 Å². The summed E-state index contributed by atoms with van der Waals surface area (Å²) in [6.45, 7) is 6.10. The first-order valence-corrected chi connectivity index (χ1v) is 5.96. The molecule has 2 heterocycles. The quantitative estimate of drug-likeness (QED) is 0.867. The van der Waals surface area contributed by atoms with E-state index in [0.717, 1.165) is 22.1 Å². The van der Waals surface area contributed by atoms with Crippen LogP contribution in [0, 0.1) is 6.92 Å². The fraction of sp³-hybridized carbons (Fsp3) is 0.364. The van der Waals surface area contributed by atoms with Crippen molar-refractivity contribution in [3.05, 3.63) is 23.8 Å². The molecule has 0 radical (unpaired) electrons. The first-order valence-electron chi connectivity index (χ1n) is 5.14. The highest BCUT2D eigenvalue weighted by atomic mass is 32.1. The van der Waals surface area contributed by atoms with Gasteiger partial charge in [-0.15, -0.1) is 0 Å². The van der Waals surface area contributed by atoms with Gasteiger partial charge < -0.3 is 5.73 Å². The van der Waals surface area contributed by atoms with Crippen molar-refractivity contribution in [2.75, 3.05) is 5.73 Å². The Labute approximate surface area is 98.6 Å². The highest BCUT2D eigenvalue weighted by Crippen LogP contribution is 2.30. The Morgan fingerprint density at radius 2 is 2.06 bits per heavy atom. The molecule has 2 aromatic heterocycles. The highest BCUT2D eigenvalue weighted by molar-refractivity contribution is 7.18. The molecule has 0 aliphatic rings. The number of anilines is 1. The number of thiazole rings is 1. The van der Waals surface area contributed by atoms with Gasteiger partial charge in [0.2, 0.25) is 0 Å². The van der Waals surface area contributed by atoms with E-state index in [0.29, 0.717) is 11.0 Å². The fourth-order valence-electron chi connectivity index (χ4n) is 1.43. The van der Waals surface area contributed by atoms with E-state index in [4.69, 9.17) is 5.73 Å². The van der Waals surface area contributed by atoms with E-state index in [1.54, 1.807) is 6.20 Å². The zero-order valence-electron chi connectivity index (χ0n) is 9.56. The lowest BCUT2D eigenvalue weighted by Gasteiger charge is -2.04. The van der Waals surface area contributed by atoms with Gasteiger partial charge in [-0.1, -0.05) is 25.2 Å². The van der Waals surface area contributed by atoms with Crippen LogP contribution in [0.15, 0.2) is 12.3 Å². The SMILES string of the molecule is Cc1nc(N)sc1-c1ccnc(C(C)C)n1. The maximum atomic E-state index is 5.68. The van der Waals surface area contributed by atoms with Gasteiger partial charge in [-0.2, -0.15) is 0 Å². The molecule has 0 aromatic carbocycles. The van der Waals surface area contributed by atoms with Gasteiger partial charge in [0.1, 0.15) is 5.82 Å². The van der Waals surface area contributed by atoms with Crippen LogP contribution in [0.2, 0.25) is 0 Å². The smallest absolute Gasteiger partial charge is 0.180 e. The summed E-state index contributed by atoms with van der Waals surface area (Å²) in [6.07, 6.45) is 1.78. The number of nitrogens with zero attached hydrogens (tertiary/aromatic N) is 3. The minimum Gasteiger partial charge on any atom is -0.375 e. The molecule has 0 saturated carbocycles. The first kappa shape index (κ1) is 11.0. The van der Waals surface area contributed by atoms with Crippen molar-refractivity contribution in [3.8, 4) is 10.6 Å². The zero-order valence-corrected chi connectivity index (χ0v) is 10.4. The number of hydrogen-bond acceptors (Lipinski definition) is 5. The predicted molar refractivity (Wildman–Crippen MR) is 66.4 cm³/mol. The summed E-state index contributed by atoms with van der Waals surface area (Å²) in [5, 5.41) is 0.581. The Morgan fingerprint density at radius 1 is 1.31 bits per heavy atom. The molecule has 0 amide bonds. The Kier molecular flexibility index (Phi) is 2.87. The zero-order chi connectivity index (χ0) is 11.7. The molecule has 0 spiro atoms. The van der Waals surface area contributed by atoms with Crippen molar-refractivity contribution in [2.24, 2.45) is 0 Å². The minimum atomic E-state index is 0.325. The van der Waals surface area contributed by atoms with Crippen LogP contribution < -0.4 is 5.73 Å². The van der Waals surface area contributed by atoms with E-state index in [9.17, 15) is 0 Å². The van der Waals surface area contributed by atoms with Crippen LogP contribution in [0.5, 0.6) is 0 Å². The topological polar surface area (TPSA) is 64.7 Å². The molecule has 2 aromatic rings. The number of hydrogen-bond donors (Lipinski definition) is 1. The van der Waals surface area contributed by atoms with Crippen molar-refractivity contribution in [1.29, 1.82) is 0 Å². The van der Waals surface area contributed by atoms with Crippen LogP contribution in [-0.2, 0) is 0 Å². The Balaban J connectivity index is 2.48. The summed E-state index contributed by atoms with van der Waals surface area (Å²) in [7, 11) is 0. The number of nitrogen functional groups attached to an aromatic ring is 1. The van der Waals surface area contributed by atoms with E-state index in [-0.39, 0.29) is 0 Å². The molecule has 5 heteroatoms. The molecule has 16 heavy (non-hydrogen) atoms. The van der Waals surface area contributed by atoms with E-state index in [1.807, 2.05) is 13.0 Å². The Morgan fingerprint density at radius 3 is 2.62 bits per heavy atom. The molecule has 0 bridgehead atoms. The second kappa shape index (κ2) is 4.17. The van der Waals surface area contributed by atoms with Crippen LogP contribution >= 0.6 is 11.3 Å². The van der Waals surface area contributed by atoms with Crippen molar-refractivity contribution < 1.29 is 0 Å². The summed E-state index contributed by atoms with van der Waals surface area (Å²) in [6, 6.07) is 1.89. The van der Waals surface area contributed by atoms with Crippen molar-refractivity contribution in [1.82, 2.24) is 15.0 Å². The van der Waals surface area contributed by atoms with Crippen molar-refractivity contribution in [2.45, 2.75) is 26.7 Å². The summed E-state index contributed by atoms with van der Waals surface area (Å²) in [5.41, 5.74) is 7.51. The van der Waals surface area contributed by atoms with Gasteiger partial charge in [-0.05, 0) is 13.0 Å². The average Bonchev–Trinajstić information content (AvgIpc) is 2.58. The fourth-order valence-corrected chi connectivity index (χ4v) is 2.24. The molecule has 0 fully saturated rings. The first-order chi connectivity index (χ1) is 7.58. The third kappa shape index (κ3) is 2.04. The number of rotatable bonds is 2. The normalized spacial score (nSPS) is 11.0. The lowest BCUT2D eigenvalue weighted by molar-refractivity contribution is 0.776. The van der Waals surface area contributed by atoms with Gasteiger partial charge in [-0.3, -0.25) is 0 Å². The summed E-state index contributed by atoms with van der Waals surface area (Å²) in [4.78, 5) is 14.0. The molecular formula is C11H14N4S. The lowest BCUT2D eigenvalue weighted by Crippen LogP contribution is -1.97. The van der Waals surface area contributed by atoms with Crippen LogP contribution in [0.3, 0.4) is 0 Å². The number of aromatic nitrogens is 3.